The third-order valence-electron chi connectivity index (χ3n) is 6.03. The molecule has 4 heteroatoms. The van der Waals surface area contributed by atoms with Crippen LogP contribution in [0.1, 0.15) is 19.3 Å². The number of hydrogen-bond donors (Lipinski definition) is 1. The highest BCUT2D eigenvalue weighted by Crippen LogP contribution is 2.39. The summed E-state index contributed by atoms with van der Waals surface area (Å²) in [5, 5.41) is 0. The van der Waals surface area contributed by atoms with E-state index in [9.17, 15) is 0 Å². The second kappa shape index (κ2) is 5.32. The van der Waals surface area contributed by atoms with Crippen LogP contribution in [0.15, 0.2) is 0 Å². The van der Waals surface area contributed by atoms with Crippen molar-refractivity contribution in [2.24, 2.45) is 17.6 Å². The van der Waals surface area contributed by atoms with Crippen LogP contribution in [0.5, 0.6) is 0 Å². The third kappa shape index (κ3) is 2.44. The van der Waals surface area contributed by atoms with E-state index in [1.54, 1.807) is 0 Å². The summed E-state index contributed by atoms with van der Waals surface area (Å²) in [6.45, 7) is 8.44. The Morgan fingerprint density at radius 2 is 2.05 bits per heavy atom. The lowest BCUT2D eigenvalue weighted by atomic mass is 9.77. The Morgan fingerprint density at radius 1 is 1.21 bits per heavy atom. The van der Waals surface area contributed by atoms with Gasteiger partial charge in [-0.15, -0.1) is 0 Å². The molecule has 0 spiro atoms. The molecule has 3 heterocycles. The van der Waals surface area contributed by atoms with E-state index >= 15 is 0 Å². The highest BCUT2D eigenvalue weighted by atomic mass is 15.3. The van der Waals surface area contributed by atoms with Crippen molar-refractivity contribution in [2.45, 2.75) is 24.8 Å². The van der Waals surface area contributed by atoms with E-state index in [2.05, 4.69) is 28.8 Å². The maximum absolute atomic E-state index is 6.25. The van der Waals surface area contributed by atoms with Crippen LogP contribution in [0.4, 0.5) is 0 Å². The number of nitrogens with zero attached hydrogens (tertiary/aromatic N) is 3. The van der Waals surface area contributed by atoms with E-state index in [-0.39, 0.29) is 5.54 Å². The molecule has 0 aromatic carbocycles. The van der Waals surface area contributed by atoms with Gasteiger partial charge in [0.25, 0.3) is 0 Å². The zero-order valence-corrected chi connectivity index (χ0v) is 12.6. The van der Waals surface area contributed by atoms with Crippen molar-refractivity contribution in [3.8, 4) is 0 Å². The maximum Gasteiger partial charge on any atom is 0.0381 e. The molecule has 4 nitrogen and oxygen atoms in total. The standard InChI is InChI=1S/C15H30N4/c1-17-6-3-13(9-17)10-18(2)15(12-16)5-8-19-7-4-14(15)11-19/h13-14H,3-12,16H2,1-2H3. The molecular formula is C15H30N4. The second-order valence-electron chi connectivity index (χ2n) is 7.14. The molecule has 110 valence electrons. The zero-order valence-electron chi connectivity index (χ0n) is 12.6. The average Bonchev–Trinajstić information content (AvgIpc) is 2.98. The number of fused-ring (bicyclic) bond motifs is 2. The third-order valence-corrected chi connectivity index (χ3v) is 6.03. The largest absolute Gasteiger partial charge is 0.329 e. The first kappa shape index (κ1) is 13.8. The molecule has 4 unspecified atom stereocenters. The zero-order chi connectivity index (χ0) is 13.5. The summed E-state index contributed by atoms with van der Waals surface area (Å²) < 4.78 is 0. The highest BCUT2D eigenvalue weighted by Gasteiger charge is 2.48. The van der Waals surface area contributed by atoms with Crippen LogP contribution >= 0.6 is 0 Å². The van der Waals surface area contributed by atoms with Gasteiger partial charge in [0, 0.05) is 31.7 Å². The van der Waals surface area contributed by atoms with Crippen molar-refractivity contribution in [1.82, 2.24) is 14.7 Å². The van der Waals surface area contributed by atoms with Crippen LogP contribution < -0.4 is 5.73 Å². The Morgan fingerprint density at radius 3 is 2.74 bits per heavy atom. The number of piperidine rings is 1. The van der Waals surface area contributed by atoms with Crippen LogP contribution in [0.3, 0.4) is 0 Å². The van der Waals surface area contributed by atoms with Crippen LogP contribution in [0.2, 0.25) is 0 Å². The smallest absolute Gasteiger partial charge is 0.0381 e. The van der Waals surface area contributed by atoms with Gasteiger partial charge in [-0.3, -0.25) is 4.90 Å². The first-order valence-electron chi connectivity index (χ1n) is 7.96. The summed E-state index contributed by atoms with van der Waals surface area (Å²) in [5.74, 6) is 1.65. The van der Waals surface area contributed by atoms with E-state index in [0.717, 1.165) is 18.4 Å². The van der Waals surface area contributed by atoms with Gasteiger partial charge >= 0.3 is 0 Å². The van der Waals surface area contributed by atoms with Gasteiger partial charge in [0.1, 0.15) is 0 Å². The fourth-order valence-electron chi connectivity index (χ4n) is 4.70. The van der Waals surface area contributed by atoms with Gasteiger partial charge in [-0.1, -0.05) is 0 Å². The predicted octanol–water partition coefficient (Wildman–Crippen LogP) is 0.293. The summed E-state index contributed by atoms with van der Waals surface area (Å²) in [4.78, 5) is 7.73. The summed E-state index contributed by atoms with van der Waals surface area (Å²) in [7, 11) is 4.58. The topological polar surface area (TPSA) is 35.7 Å². The number of hydrogen-bond acceptors (Lipinski definition) is 4. The lowest BCUT2D eigenvalue weighted by Crippen LogP contribution is -2.61. The van der Waals surface area contributed by atoms with Crippen LogP contribution in [-0.2, 0) is 0 Å². The average molecular weight is 266 g/mol. The van der Waals surface area contributed by atoms with E-state index < -0.39 is 0 Å². The molecule has 2 N–H and O–H groups in total. The molecule has 3 saturated heterocycles. The first-order valence-corrected chi connectivity index (χ1v) is 7.96. The molecule has 0 radical (unpaired) electrons. The molecule has 3 aliphatic rings. The van der Waals surface area contributed by atoms with Crippen molar-refractivity contribution in [2.75, 3.05) is 59.9 Å². The monoisotopic (exact) mass is 266 g/mol. The van der Waals surface area contributed by atoms with E-state index in [1.807, 2.05) is 0 Å². The van der Waals surface area contributed by atoms with Crippen molar-refractivity contribution < 1.29 is 0 Å². The molecule has 0 saturated carbocycles. The predicted molar refractivity (Wildman–Crippen MR) is 79.2 cm³/mol. The molecule has 4 atom stereocenters. The summed E-state index contributed by atoms with van der Waals surface area (Å²) >= 11 is 0. The fraction of sp³-hybridized carbons (Fsp3) is 1.00. The van der Waals surface area contributed by atoms with Crippen molar-refractivity contribution in [1.29, 1.82) is 0 Å². The summed E-state index contributed by atoms with van der Waals surface area (Å²) in [6.07, 6.45) is 3.98. The molecule has 0 aromatic rings. The van der Waals surface area contributed by atoms with Crippen molar-refractivity contribution in [3.63, 3.8) is 0 Å². The molecule has 0 amide bonds. The Kier molecular flexibility index (Phi) is 3.87. The molecule has 0 aliphatic carbocycles. The molecule has 19 heavy (non-hydrogen) atoms. The summed E-state index contributed by atoms with van der Waals surface area (Å²) in [5.41, 5.74) is 6.54. The molecule has 3 fully saturated rings. The summed E-state index contributed by atoms with van der Waals surface area (Å²) in [6, 6.07) is 0. The lowest BCUT2D eigenvalue weighted by molar-refractivity contribution is 0.0176. The number of likely N-dealkylation sites (tertiary alicyclic amines) is 1. The van der Waals surface area contributed by atoms with Gasteiger partial charge < -0.3 is 15.5 Å². The minimum absolute atomic E-state index is 0.286. The van der Waals surface area contributed by atoms with E-state index in [4.69, 9.17) is 5.73 Å². The van der Waals surface area contributed by atoms with Gasteiger partial charge in [-0.05, 0) is 64.8 Å². The van der Waals surface area contributed by atoms with Crippen LogP contribution in [0, 0.1) is 11.8 Å². The number of rotatable bonds is 4. The molecule has 2 bridgehead atoms. The van der Waals surface area contributed by atoms with E-state index in [1.165, 1.54) is 58.5 Å². The van der Waals surface area contributed by atoms with Gasteiger partial charge in [-0.25, -0.2) is 0 Å². The molecule has 3 rings (SSSR count). The highest BCUT2D eigenvalue weighted by molar-refractivity contribution is 5.04. The Balaban J connectivity index is 1.67. The Hall–Kier alpha value is -0.160. The number of likely N-dealkylation sites (N-methyl/N-ethyl adjacent to an activating group) is 1. The normalized spacial score (nSPS) is 43.3. The Labute approximate surface area is 117 Å². The first-order chi connectivity index (χ1) is 9.14. The minimum Gasteiger partial charge on any atom is -0.329 e. The van der Waals surface area contributed by atoms with Crippen molar-refractivity contribution in [3.05, 3.63) is 0 Å². The number of nitrogens with two attached hydrogens (primary N) is 1. The second-order valence-corrected chi connectivity index (χ2v) is 7.14. The molecular weight excluding hydrogens is 236 g/mol. The van der Waals surface area contributed by atoms with Gasteiger partial charge in [0.05, 0.1) is 0 Å². The molecule has 3 aliphatic heterocycles. The van der Waals surface area contributed by atoms with Gasteiger partial charge in [-0.2, -0.15) is 0 Å². The Bertz CT molecular complexity index is 321. The van der Waals surface area contributed by atoms with Gasteiger partial charge in [0.2, 0.25) is 0 Å². The van der Waals surface area contributed by atoms with Crippen LogP contribution in [0.25, 0.3) is 0 Å². The minimum atomic E-state index is 0.286. The quantitative estimate of drug-likeness (QED) is 0.793. The maximum atomic E-state index is 6.25. The van der Waals surface area contributed by atoms with Crippen LogP contribution in [-0.4, -0.2) is 80.1 Å². The lowest BCUT2D eigenvalue weighted by Gasteiger charge is -2.49. The van der Waals surface area contributed by atoms with E-state index in [0.29, 0.717) is 0 Å². The molecule has 0 aromatic heterocycles. The van der Waals surface area contributed by atoms with Crippen molar-refractivity contribution >= 4 is 0 Å². The fourth-order valence-corrected chi connectivity index (χ4v) is 4.70. The van der Waals surface area contributed by atoms with Gasteiger partial charge in [0.15, 0.2) is 0 Å². The SMILES string of the molecule is CN1CCC(CN(C)C2(CN)CCN3CCC2C3)C1.